The lowest BCUT2D eigenvalue weighted by atomic mass is 10.2. The highest BCUT2D eigenvalue weighted by Crippen LogP contribution is 2.39. The second-order valence-corrected chi connectivity index (χ2v) is 5.41. The first kappa shape index (κ1) is 13.8. The molecule has 3 rings (SSSR count). The molecular formula is C15H18FN5. The van der Waals surface area contributed by atoms with E-state index in [2.05, 4.69) is 20.7 Å². The Labute approximate surface area is 122 Å². The Bertz CT molecular complexity index is 682. The number of aromatic nitrogens is 2. The molecule has 0 saturated heterocycles. The van der Waals surface area contributed by atoms with E-state index in [1.807, 2.05) is 13.8 Å². The summed E-state index contributed by atoms with van der Waals surface area (Å²) in [7, 11) is 0. The van der Waals surface area contributed by atoms with Crippen molar-refractivity contribution in [3.05, 3.63) is 41.0 Å². The number of hydrazine groups is 1. The molecule has 1 aliphatic rings. The first-order valence-corrected chi connectivity index (χ1v) is 6.97. The molecule has 110 valence electrons. The maximum atomic E-state index is 13.4. The summed E-state index contributed by atoms with van der Waals surface area (Å²) < 4.78 is 13.4. The SMILES string of the molecule is Cc1ccc(F)cc1Nc1nc(C2CC2)nc(NN)c1C. The van der Waals surface area contributed by atoms with Crippen molar-refractivity contribution < 1.29 is 4.39 Å². The molecule has 1 aromatic carbocycles. The van der Waals surface area contributed by atoms with Crippen molar-refractivity contribution in [2.24, 2.45) is 5.84 Å². The van der Waals surface area contributed by atoms with Gasteiger partial charge in [0.25, 0.3) is 0 Å². The normalized spacial score (nSPS) is 14.1. The maximum absolute atomic E-state index is 13.4. The van der Waals surface area contributed by atoms with Crippen molar-refractivity contribution in [1.29, 1.82) is 0 Å². The molecule has 0 radical (unpaired) electrons. The van der Waals surface area contributed by atoms with Gasteiger partial charge >= 0.3 is 0 Å². The molecule has 0 amide bonds. The van der Waals surface area contributed by atoms with E-state index < -0.39 is 0 Å². The fourth-order valence-electron chi connectivity index (χ4n) is 2.18. The lowest BCUT2D eigenvalue weighted by Crippen LogP contribution is -2.14. The van der Waals surface area contributed by atoms with Crippen LogP contribution in [-0.2, 0) is 0 Å². The van der Waals surface area contributed by atoms with Crippen LogP contribution in [0.3, 0.4) is 0 Å². The molecule has 0 atom stereocenters. The molecule has 1 aromatic heterocycles. The van der Waals surface area contributed by atoms with Crippen LogP contribution in [0.5, 0.6) is 0 Å². The third-order valence-corrected chi connectivity index (χ3v) is 3.70. The number of nitrogen functional groups attached to an aromatic ring is 1. The summed E-state index contributed by atoms with van der Waals surface area (Å²) in [4.78, 5) is 9.00. The van der Waals surface area contributed by atoms with Gasteiger partial charge in [-0.1, -0.05) is 6.07 Å². The van der Waals surface area contributed by atoms with Gasteiger partial charge in [-0.15, -0.1) is 0 Å². The Balaban J connectivity index is 2.00. The molecule has 0 unspecified atom stereocenters. The van der Waals surface area contributed by atoms with Gasteiger partial charge in [-0.05, 0) is 44.4 Å². The monoisotopic (exact) mass is 287 g/mol. The number of anilines is 3. The van der Waals surface area contributed by atoms with E-state index in [0.717, 1.165) is 29.8 Å². The molecule has 1 saturated carbocycles. The van der Waals surface area contributed by atoms with Gasteiger partial charge in [-0.25, -0.2) is 20.2 Å². The molecule has 0 aliphatic heterocycles. The first-order valence-electron chi connectivity index (χ1n) is 6.97. The Morgan fingerprint density at radius 3 is 2.57 bits per heavy atom. The molecular weight excluding hydrogens is 269 g/mol. The zero-order valence-corrected chi connectivity index (χ0v) is 12.1. The van der Waals surface area contributed by atoms with Crippen LogP contribution in [-0.4, -0.2) is 9.97 Å². The number of rotatable bonds is 4. The quantitative estimate of drug-likeness (QED) is 0.595. The Morgan fingerprint density at radius 1 is 1.19 bits per heavy atom. The lowest BCUT2D eigenvalue weighted by molar-refractivity contribution is 0.628. The molecule has 5 nitrogen and oxygen atoms in total. The third kappa shape index (κ3) is 2.80. The van der Waals surface area contributed by atoms with Crippen molar-refractivity contribution in [3.8, 4) is 0 Å². The van der Waals surface area contributed by atoms with Crippen molar-refractivity contribution in [3.63, 3.8) is 0 Å². The molecule has 1 heterocycles. The highest BCUT2D eigenvalue weighted by atomic mass is 19.1. The van der Waals surface area contributed by atoms with Gasteiger partial charge in [0.1, 0.15) is 23.3 Å². The molecule has 6 heteroatoms. The van der Waals surface area contributed by atoms with Crippen LogP contribution < -0.4 is 16.6 Å². The number of benzene rings is 1. The second kappa shape index (κ2) is 5.29. The minimum atomic E-state index is -0.283. The molecule has 2 aromatic rings. The van der Waals surface area contributed by atoms with Crippen LogP contribution in [0.15, 0.2) is 18.2 Å². The molecule has 4 N–H and O–H groups in total. The summed E-state index contributed by atoms with van der Waals surface area (Å²) >= 11 is 0. The van der Waals surface area contributed by atoms with Gasteiger partial charge in [0.05, 0.1) is 0 Å². The predicted octanol–water partition coefficient (Wildman–Crippen LogP) is 3.14. The Hall–Kier alpha value is -2.21. The summed E-state index contributed by atoms with van der Waals surface area (Å²) in [6.45, 7) is 3.80. The van der Waals surface area contributed by atoms with Crippen molar-refractivity contribution >= 4 is 17.3 Å². The van der Waals surface area contributed by atoms with E-state index in [9.17, 15) is 4.39 Å². The van der Waals surface area contributed by atoms with Gasteiger partial charge in [0, 0.05) is 17.2 Å². The summed E-state index contributed by atoms with van der Waals surface area (Å²) in [5.74, 6) is 7.70. The van der Waals surface area contributed by atoms with E-state index in [4.69, 9.17) is 5.84 Å². The highest BCUT2D eigenvalue weighted by Gasteiger charge is 2.28. The van der Waals surface area contributed by atoms with Gasteiger partial charge in [0.2, 0.25) is 0 Å². The van der Waals surface area contributed by atoms with Crippen molar-refractivity contribution in [1.82, 2.24) is 9.97 Å². The fraction of sp³-hybridized carbons (Fsp3) is 0.333. The van der Waals surface area contributed by atoms with Crippen LogP contribution in [0.2, 0.25) is 0 Å². The summed E-state index contributed by atoms with van der Waals surface area (Å²) in [6.07, 6.45) is 2.21. The highest BCUT2D eigenvalue weighted by molar-refractivity contribution is 5.66. The third-order valence-electron chi connectivity index (χ3n) is 3.70. The predicted molar refractivity (Wildman–Crippen MR) is 81.0 cm³/mol. The number of nitrogens with zero attached hydrogens (tertiary/aromatic N) is 2. The number of aryl methyl sites for hydroxylation is 1. The number of halogens is 1. The van der Waals surface area contributed by atoms with Gasteiger partial charge in [-0.2, -0.15) is 0 Å². The van der Waals surface area contributed by atoms with E-state index in [0.29, 0.717) is 23.2 Å². The van der Waals surface area contributed by atoms with Crippen LogP contribution in [0.1, 0.15) is 35.7 Å². The summed E-state index contributed by atoms with van der Waals surface area (Å²) in [6, 6.07) is 4.64. The number of nitrogens with two attached hydrogens (primary N) is 1. The number of nitrogens with one attached hydrogen (secondary N) is 2. The zero-order chi connectivity index (χ0) is 15.0. The standard InChI is InChI=1S/C15H18FN5/c1-8-3-6-11(16)7-12(8)18-13-9(2)14(21-17)20-15(19-13)10-4-5-10/h3,6-7,10H,4-5,17H2,1-2H3,(H2,18,19,20,21). The second-order valence-electron chi connectivity index (χ2n) is 5.41. The van der Waals surface area contributed by atoms with Gasteiger partial charge in [-0.3, -0.25) is 0 Å². The van der Waals surface area contributed by atoms with E-state index in [-0.39, 0.29) is 5.82 Å². The van der Waals surface area contributed by atoms with Crippen molar-refractivity contribution in [2.75, 3.05) is 10.7 Å². The molecule has 21 heavy (non-hydrogen) atoms. The van der Waals surface area contributed by atoms with Gasteiger partial charge in [0.15, 0.2) is 0 Å². The largest absolute Gasteiger partial charge is 0.340 e. The van der Waals surface area contributed by atoms with Crippen LogP contribution in [0.4, 0.5) is 21.7 Å². The number of hydrogen-bond acceptors (Lipinski definition) is 5. The average molecular weight is 287 g/mol. The lowest BCUT2D eigenvalue weighted by Gasteiger charge is -2.15. The van der Waals surface area contributed by atoms with Crippen LogP contribution in [0.25, 0.3) is 0 Å². The Morgan fingerprint density at radius 2 is 1.90 bits per heavy atom. The van der Waals surface area contributed by atoms with Crippen LogP contribution >= 0.6 is 0 Å². The fourth-order valence-corrected chi connectivity index (χ4v) is 2.18. The summed E-state index contributed by atoms with van der Waals surface area (Å²) in [5, 5.41) is 3.19. The minimum absolute atomic E-state index is 0.283. The molecule has 0 spiro atoms. The molecule has 1 aliphatic carbocycles. The van der Waals surface area contributed by atoms with E-state index >= 15 is 0 Å². The van der Waals surface area contributed by atoms with E-state index in [1.54, 1.807) is 6.07 Å². The maximum Gasteiger partial charge on any atom is 0.148 e. The van der Waals surface area contributed by atoms with Gasteiger partial charge < -0.3 is 10.7 Å². The smallest absolute Gasteiger partial charge is 0.148 e. The molecule has 1 fully saturated rings. The Kier molecular flexibility index (Phi) is 3.47. The first-order chi connectivity index (χ1) is 10.1. The topological polar surface area (TPSA) is 75.9 Å². The minimum Gasteiger partial charge on any atom is -0.340 e. The van der Waals surface area contributed by atoms with E-state index in [1.165, 1.54) is 12.1 Å². The zero-order valence-electron chi connectivity index (χ0n) is 12.1. The average Bonchev–Trinajstić information content (AvgIpc) is 3.29. The molecule has 0 bridgehead atoms. The van der Waals surface area contributed by atoms with Crippen LogP contribution in [0, 0.1) is 19.7 Å². The number of hydrogen-bond donors (Lipinski definition) is 3. The van der Waals surface area contributed by atoms with Crippen molar-refractivity contribution in [2.45, 2.75) is 32.6 Å². The summed E-state index contributed by atoms with van der Waals surface area (Å²) in [5.41, 5.74) is 5.06.